The summed E-state index contributed by atoms with van der Waals surface area (Å²) in [6.07, 6.45) is -3.81. The SMILES string of the molecule is CCOc1ccc2cc(C(=O)N3CCCC(C(F)(F)F)C3)[nH]c2c1. The number of fused-ring (bicyclic) bond motifs is 1. The van der Waals surface area contributed by atoms with Crippen LogP contribution in [-0.2, 0) is 0 Å². The van der Waals surface area contributed by atoms with Crippen LogP contribution in [0.2, 0.25) is 0 Å². The second kappa shape index (κ2) is 6.37. The lowest BCUT2D eigenvalue weighted by Crippen LogP contribution is -2.44. The predicted molar refractivity (Wildman–Crippen MR) is 84.2 cm³/mol. The van der Waals surface area contributed by atoms with E-state index in [1.54, 1.807) is 18.2 Å². The highest BCUT2D eigenvalue weighted by Crippen LogP contribution is 2.33. The monoisotopic (exact) mass is 340 g/mol. The van der Waals surface area contributed by atoms with E-state index >= 15 is 0 Å². The van der Waals surface area contributed by atoms with Crippen LogP contribution in [0.4, 0.5) is 13.2 Å². The first-order valence-electron chi connectivity index (χ1n) is 8.00. The van der Waals surface area contributed by atoms with E-state index in [0.717, 1.165) is 10.9 Å². The highest BCUT2D eigenvalue weighted by atomic mass is 19.4. The Hall–Kier alpha value is -2.18. The van der Waals surface area contributed by atoms with Crippen LogP contribution in [0.15, 0.2) is 24.3 Å². The molecule has 3 rings (SSSR count). The molecule has 1 aliphatic heterocycles. The number of amides is 1. The number of likely N-dealkylation sites (tertiary alicyclic amines) is 1. The molecule has 0 radical (unpaired) electrons. The molecule has 0 aliphatic carbocycles. The van der Waals surface area contributed by atoms with E-state index < -0.39 is 18.0 Å². The number of alkyl halides is 3. The molecule has 4 nitrogen and oxygen atoms in total. The lowest BCUT2D eigenvalue weighted by molar-refractivity contribution is -0.184. The number of halogens is 3. The van der Waals surface area contributed by atoms with E-state index in [9.17, 15) is 18.0 Å². The smallest absolute Gasteiger partial charge is 0.393 e. The number of aromatic nitrogens is 1. The van der Waals surface area contributed by atoms with Crippen LogP contribution >= 0.6 is 0 Å². The summed E-state index contributed by atoms with van der Waals surface area (Å²) in [6.45, 7) is 2.48. The maximum Gasteiger partial charge on any atom is 0.393 e. The van der Waals surface area contributed by atoms with Gasteiger partial charge in [0.2, 0.25) is 0 Å². The van der Waals surface area contributed by atoms with E-state index in [1.165, 1.54) is 4.90 Å². The van der Waals surface area contributed by atoms with Crippen molar-refractivity contribution in [1.82, 2.24) is 9.88 Å². The summed E-state index contributed by atoms with van der Waals surface area (Å²) >= 11 is 0. The zero-order valence-electron chi connectivity index (χ0n) is 13.3. The Labute approximate surface area is 137 Å². The number of nitrogens with one attached hydrogen (secondary N) is 1. The molecular weight excluding hydrogens is 321 g/mol. The molecule has 1 amide bonds. The summed E-state index contributed by atoms with van der Waals surface area (Å²) in [4.78, 5) is 16.8. The third-order valence-corrected chi connectivity index (χ3v) is 4.31. The molecule has 0 saturated carbocycles. The Morgan fingerprint density at radius 3 is 2.88 bits per heavy atom. The van der Waals surface area contributed by atoms with Gasteiger partial charge in [-0.15, -0.1) is 0 Å². The van der Waals surface area contributed by atoms with Gasteiger partial charge in [-0.3, -0.25) is 4.79 Å². The van der Waals surface area contributed by atoms with Crippen molar-refractivity contribution in [3.8, 4) is 5.75 Å². The van der Waals surface area contributed by atoms with Crippen LogP contribution in [0.3, 0.4) is 0 Å². The quantitative estimate of drug-likeness (QED) is 0.918. The standard InChI is InChI=1S/C17H19F3N2O2/c1-2-24-13-6-5-11-8-15(21-14(11)9-13)16(23)22-7-3-4-12(10-22)17(18,19)20/h5-6,8-9,12,21H,2-4,7,10H2,1H3. The molecule has 1 N–H and O–H groups in total. The molecule has 0 spiro atoms. The van der Waals surface area contributed by atoms with Crippen molar-refractivity contribution in [3.63, 3.8) is 0 Å². The fraction of sp³-hybridized carbons (Fsp3) is 0.471. The maximum atomic E-state index is 12.9. The van der Waals surface area contributed by atoms with Gasteiger partial charge in [0.05, 0.1) is 12.5 Å². The van der Waals surface area contributed by atoms with Gasteiger partial charge in [-0.05, 0) is 38.0 Å². The van der Waals surface area contributed by atoms with E-state index in [-0.39, 0.29) is 13.0 Å². The normalized spacial score (nSPS) is 18.8. The molecule has 130 valence electrons. The number of carbonyl (C=O) groups is 1. The first kappa shape index (κ1) is 16.7. The maximum absolute atomic E-state index is 12.9. The molecule has 2 aromatic rings. The largest absolute Gasteiger partial charge is 0.494 e. The van der Waals surface area contributed by atoms with Crippen LogP contribution in [0.5, 0.6) is 5.75 Å². The first-order valence-corrected chi connectivity index (χ1v) is 8.00. The van der Waals surface area contributed by atoms with Crippen molar-refractivity contribution in [2.75, 3.05) is 19.7 Å². The molecule has 1 atom stereocenters. The van der Waals surface area contributed by atoms with Crippen LogP contribution < -0.4 is 4.74 Å². The van der Waals surface area contributed by atoms with E-state index in [4.69, 9.17) is 4.74 Å². The van der Waals surface area contributed by atoms with Gasteiger partial charge in [0.15, 0.2) is 0 Å². The zero-order chi connectivity index (χ0) is 17.3. The number of H-pyrrole nitrogens is 1. The third-order valence-electron chi connectivity index (χ3n) is 4.31. The Morgan fingerprint density at radius 1 is 1.38 bits per heavy atom. The molecule has 0 bridgehead atoms. The topological polar surface area (TPSA) is 45.3 Å². The van der Waals surface area contributed by atoms with Crippen molar-refractivity contribution in [1.29, 1.82) is 0 Å². The fourth-order valence-corrected chi connectivity index (χ4v) is 3.08. The van der Waals surface area contributed by atoms with Crippen LogP contribution in [0.25, 0.3) is 10.9 Å². The number of benzene rings is 1. The van der Waals surface area contributed by atoms with Gasteiger partial charge in [0, 0.05) is 30.1 Å². The second-order valence-corrected chi connectivity index (χ2v) is 6.00. The fourth-order valence-electron chi connectivity index (χ4n) is 3.08. The molecule has 1 fully saturated rings. The minimum Gasteiger partial charge on any atom is -0.494 e. The summed E-state index contributed by atoms with van der Waals surface area (Å²) in [5, 5.41) is 0.825. The van der Waals surface area contributed by atoms with Gasteiger partial charge in [-0.25, -0.2) is 0 Å². The zero-order valence-corrected chi connectivity index (χ0v) is 13.3. The number of hydrogen-bond donors (Lipinski definition) is 1. The molecule has 1 aromatic carbocycles. The third kappa shape index (κ3) is 3.34. The Balaban J connectivity index is 1.80. The summed E-state index contributed by atoms with van der Waals surface area (Å²) in [6, 6.07) is 7.08. The lowest BCUT2D eigenvalue weighted by atomic mass is 9.97. The number of rotatable bonds is 3. The van der Waals surface area contributed by atoms with Crippen molar-refractivity contribution in [2.24, 2.45) is 5.92 Å². The number of hydrogen-bond acceptors (Lipinski definition) is 2. The number of piperidine rings is 1. The molecule has 1 aromatic heterocycles. The van der Waals surface area contributed by atoms with Gasteiger partial charge < -0.3 is 14.6 Å². The minimum atomic E-state index is -4.26. The molecule has 2 heterocycles. The van der Waals surface area contributed by atoms with Crippen molar-refractivity contribution < 1.29 is 22.7 Å². The van der Waals surface area contributed by atoms with E-state index in [1.807, 2.05) is 13.0 Å². The lowest BCUT2D eigenvalue weighted by Gasteiger charge is -2.33. The Kier molecular flexibility index (Phi) is 4.43. The van der Waals surface area contributed by atoms with Crippen molar-refractivity contribution in [2.45, 2.75) is 25.9 Å². The number of aromatic amines is 1. The molecule has 24 heavy (non-hydrogen) atoms. The number of carbonyl (C=O) groups excluding carboxylic acids is 1. The second-order valence-electron chi connectivity index (χ2n) is 6.00. The summed E-state index contributed by atoms with van der Waals surface area (Å²) < 4.78 is 44.1. The van der Waals surface area contributed by atoms with Crippen LogP contribution in [0, 0.1) is 5.92 Å². The Morgan fingerprint density at radius 2 is 2.17 bits per heavy atom. The van der Waals surface area contributed by atoms with E-state index in [0.29, 0.717) is 31.0 Å². The van der Waals surface area contributed by atoms with Gasteiger partial charge in [-0.2, -0.15) is 13.2 Å². The first-order chi connectivity index (χ1) is 11.4. The van der Waals surface area contributed by atoms with Crippen molar-refractivity contribution >= 4 is 16.8 Å². The molecular formula is C17H19F3N2O2. The summed E-state index contributed by atoms with van der Waals surface area (Å²) in [7, 11) is 0. The van der Waals surface area contributed by atoms with Gasteiger partial charge in [0.1, 0.15) is 11.4 Å². The summed E-state index contributed by atoms with van der Waals surface area (Å²) in [5.41, 5.74) is 1.04. The number of ether oxygens (including phenoxy) is 1. The average Bonchev–Trinajstić information content (AvgIpc) is 2.97. The van der Waals surface area contributed by atoms with Crippen LogP contribution in [0.1, 0.15) is 30.3 Å². The molecule has 1 aliphatic rings. The number of nitrogens with zero attached hydrogens (tertiary/aromatic N) is 1. The highest BCUT2D eigenvalue weighted by molar-refractivity contribution is 5.98. The van der Waals surface area contributed by atoms with Gasteiger partial charge in [0.25, 0.3) is 5.91 Å². The molecule has 7 heteroatoms. The minimum absolute atomic E-state index is 0.0810. The van der Waals surface area contributed by atoms with Gasteiger partial charge in [-0.1, -0.05) is 0 Å². The van der Waals surface area contributed by atoms with Gasteiger partial charge >= 0.3 is 6.18 Å². The average molecular weight is 340 g/mol. The Bertz CT molecular complexity index is 739. The van der Waals surface area contributed by atoms with Crippen LogP contribution in [-0.4, -0.2) is 41.7 Å². The predicted octanol–water partition coefficient (Wildman–Crippen LogP) is 3.98. The van der Waals surface area contributed by atoms with Crippen molar-refractivity contribution in [3.05, 3.63) is 30.0 Å². The molecule has 1 unspecified atom stereocenters. The summed E-state index contributed by atoms with van der Waals surface area (Å²) in [5.74, 6) is -1.15. The van der Waals surface area contributed by atoms with E-state index in [2.05, 4.69) is 4.98 Å². The highest BCUT2D eigenvalue weighted by Gasteiger charge is 2.42. The molecule has 1 saturated heterocycles.